The van der Waals surface area contributed by atoms with Crippen LogP contribution in [0.3, 0.4) is 0 Å². The Hall–Kier alpha value is -3.06. The van der Waals surface area contributed by atoms with Gasteiger partial charge in [0.1, 0.15) is 11.4 Å². The Morgan fingerprint density at radius 2 is 1.91 bits per heavy atom. The van der Waals surface area contributed by atoms with Crippen molar-refractivity contribution < 1.29 is 14.3 Å². The number of hydrogen-bond acceptors (Lipinski definition) is 5. The summed E-state index contributed by atoms with van der Waals surface area (Å²) in [6, 6.07) is 15.2. The van der Waals surface area contributed by atoms with E-state index in [2.05, 4.69) is 0 Å². The highest BCUT2D eigenvalue weighted by Gasteiger charge is 2.36. The highest BCUT2D eigenvalue weighted by atomic mass is 32.2. The number of carbonyl (C=O) groups is 2. The number of amides is 2. The molecule has 0 spiro atoms. The predicted molar refractivity (Wildman–Crippen MR) is 129 cm³/mol. The van der Waals surface area contributed by atoms with Gasteiger partial charge in [-0.3, -0.25) is 14.5 Å². The lowest BCUT2D eigenvalue weighted by Gasteiger charge is -2.33. The molecule has 1 fully saturated rings. The molecule has 2 aromatic carbocycles. The van der Waals surface area contributed by atoms with Crippen LogP contribution in [0.1, 0.15) is 44.4 Å². The van der Waals surface area contributed by atoms with Gasteiger partial charge in [0.05, 0.1) is 19.1 Å². The van der Waals surface area contributed by atoms with Gasteiger partial charge in [0.25, 0.3) is 0 Å². The highest BCUT2D eigenvalue weighted by molar-refractivity contribution is 8.14. The molecular formula is C25H27N3O3S. The first-order valence-electron chi connectivity index (χ1n) is 10.8. The third kappa shape index (κ3) is 4.43. The van der Waals surface area contributed by atoms with E-state index in [0.717, 1.165) is 16.9 Å². The highest BCUT2D eigenvalue weighted by Crippen LogP contribution is 2.36. The standard InChI is InChI=1S/C25H27N3O3S/c1-4-31-23-12-8-7-11-21(23)26-25-28(17(2)16-32-25)24(30)15-22-20-10-6-5-9-19(20)13-14-27(22)18(3)29/h5-14,17,22H,4,15-16H2,1-3H3. The summed E-state index contributed by atoms with van der Waals surface area (Å²) < 4.78 is 5.70. The lowest BCUT2D eigenvalue weighted by atomic mass is 9.93. The van der Waals surface area contributed by atoms with Crippen molar-refractivity contribution in [1.29, 1.82) is 0 Å². The summed E-state index contributed by atoms with van der Waals surface area (Å²) in [7, 11) is 0. The first-order chi connectivity index (χ1) is 15.5. The maximum atomic E-state index is 13.6. The molecule has 2 amide bonds. The second kappa shape index (κ2) is 9.61. The largest absolute Gasteiger partial charge is 0.492 e. The van der Waals surface area contributed by atoms with Crippen LogP contribution in [-0.4, -0.2) is 45.2 Å². The molecule has 0 aliphatic carbocycles. The molecule has 0 saturated carbocycles. The second-order valence-electron chi connectivity index (χ2n) is 7.81. The van der Waals surface area contributed by atoms with Crippen LogP contribution in [0.5, 0.6) is 5.75 Å². The van der Waals surface area contributed by atoms with Crippen molar-refractivity contribution in [1.82, 2.24) is 9.80 Å². The van der Waals surface area contributed by atoms with E-state index in [-0.39, 0.29) is 30.3 Å². The van der Waals surface area contributed by atoms with Crippen LogP contribution in [0.2, 0.25) is 0 Å². The number of carbonyl (C=O) groups excluding carboxylic acids is 2. The number of thioether (sulfide) groups is 1. The van der Waals surface area contributed by atoms with Gasteiger partial charge in [-0.05, 0) is 43.2 Å². The van der Waals surface area contributed by atoms with Crippen LogP contribution in [-0.2, 0) is 9.59 Å². The molecular weight excluding hydrogens is 422 g/mol. The molecule has 1 saturated heterocycles. The molecule has 2 unspecified atom stereocenters. The minimum atomic E-state index is -0.337. The van der Waals surface area contributed by atoms with Crippen LogP contribution in [0.15, 0.2) is 59.7 Å². The number of nitrogens with zero attached hydrogens (tertiary/aromatic N) is 3. The van der Waals surface area contributed by atoms with E-state index in [0.29, 0.717) is 23.2 Å². The molecule has 0 N–H and O–H groups in total. The number of hydrogen-bond donors (Lipinski definition) is 0. The molecule has 32 heavy (non-hydrogen) atoms. The van der Waals surface area contributed by atoms with Gasteiger partial charge in [0.2, 0.25) is 11.8 Å². The van der Waals surface area contributed by atoms with Crippen LogP contribution < -0.4 is 4.74 Å². The van der Waals surface area contributed by atoms with Crippen LogP contribution in [0, 0.1) is 0 Å². The van der Waals surface area contributed by atoms with Crippen molar-refractivity contribution in [2.45, 2.75) is 39.3 Å². The summed E-state index contributed by atoms with van der Waals surface area (Å²) in [4.78, 5) is 34.1. The van der Waals surface area contributed by atoms with Crippen LogP contribution in [0.4, 0.5) is 5.69 Å². The topological polar surface area (TPSA) is 62.2 Å². The lowest BCUT2D eigenvalue weighted by molar-refractivity contribution is -0.132. The second-order valence-corrected chi connectivity index (χ2v) is 8.80. The van der Waals surface area contributed by atoms with Gasteiger partial charge >= 0.3 is 0 Å². The van der Waals surface area contributed by atoms with Gasteiger partial charge in [-0.1, -0.05) is 48.2 Å². The summed E-state index contributed by atoms with van der Waals surface area (Å²) >= 11 is 1.57. The summed E-state index contributed by atoms with van der Waals surface area (Å²) in [6.45, 7) is 6.04. The van der Waals surface area contributed by atoms with Gasteiger partial charge in [-0.2, -0.15) is 0 Å². The van der Waals surface area contributed by atoms with Crippen molar-refractivity contribution in [3.05, 3.63) is 65.9 Å². The van der Waals surface area contributed by atoms with Crippen molar-refractivity contribution >= 4 is 40.5 Å². The molecule has 2 aliphatic rings. The number of ether oxygens (including phenoxy) is 1. The number of aliphatic imine (C=N–C) groups is 1. The monoisotopic (exact) mass is 449 g/mol. The number of para-hydroxylation sites is 2. The normalized spacial score (nSPS) is 21.0. The molecule has 2 aliphatic heterocycles. The molecule has 0 radical (unpaired) electrons. The van der Waals surface area contributed by atoms with Crippen molar-refractivity contribution in [3.8, 4) is 5.75 Å². The molecule has 6 nitrogen and oxygen atoms in total. The average molecular weight is 450 g/mol. The minimum Gasteiger partial charge on any atom is -0.492 e. The number of fused-ring (bicyclic) bond motifs is 1. The zero-order valence-corrected chi connectivity index (χ0v) is 19.3. The van der Waals surface area contributed by atoms with Gasteiger partial charge in [0, 0.05) is 24.9 Å². The summed E-state index contributed by atoms with van der Waals surface area (Å²) in [5.41, 5.74) is 2.73. The van der Waals surface area contributed by atoms with E-state index in [1.165, 1.54) is 6.92 Å². The lowest BCUT2D eigenvalue weighted by Crippen LogP contribution is -2.41. The first-order valence-corrected chi connectivity index (χ1v) is 11.8. The summed E-state index contributed by atoms with van der Waals surface area (Å²) in [5, 5.41) is 0.670. The van der Waals surface area contributed by atoms with E-state index in [9.17, 15) is 9.59 Å². The van der Waals surface area contributed by atoms with Crippen molar-refractivity contribution in [2.75, 3.05) is 12.4 Å². The fraction of sp³-hybridized carbons (Fsp3) is 0.320. The van der Waals surface area contributed by atoms with Crippen LogP contribution in [0.25, 0.3) is 6.08 Å². The Bertz CT molecular complexity index is 1080. The third-order valence-corrected chi connectivity index (χ3v) is 6.78. The van der Waals surface area contributed by atoms with Crippen molar-refractivity contribution in [3.63, 3.8) is 0 Å². The quantitative estimate of drug-likeness (QED) is 0.644. The maximum absolute atomic E-state index is 13.6. The summed E-state index contributed by atoms with van der Waals surface area (Å²) in [5.74, 6) is 1.34. The fourth-order valence-corrected chi connectivity index (χ4v) is 5.20. The fourth-order valence-electron chi connectivity index (χ4n) is 4.07. The zero-order valence-electron chi connectivity index (χ0n) is 18.5. The molecule has 2 heterocycles. The SMILES string of the molecule is CCOc1ccccc1N=C1SCC(C)N1C(=O)CC1c2ccccc2C=CN1C(C)=O. The van der Waals surface area contributed by atoms with E-state index in [4.69, 9.17) is 9.73 Å². The smallest absolute Gasteiger partial charge is 0.231 e. The number of amidine groups is 1. The first kappa shape index (κ1) is 22.1. The molecule has 166 valence electrons. The molecule has 4 rings (SSSR count). The van der Waals surface area contributed by atoms with Crippen LogP contribution >= 0.6 is 11.8 Å². The minimum absolute atomic E-state index is 0.0191. The molecule has 0 aromatic heterocycles. The van der Waals surface area contributed by atoms with E-state index >= 15 is 0 Å². The molecule has 2 atom stereocenters. The van der Waals surface area contributed by atoms with Gasteiger partial charge in [-0.15, -0.1) is 0 Å². The van der Waals surface area contributed by atoms with E-state index < -0.39 is 0 Å². The zero-order chi connectivity index (χ0) is 22.7. The molecule has 0 bridgehead atoms. The Labute approximate surface area is 193 Å². The van der Waals surface area contributed by atoms with E-state index in [1.54, 1.807) is 27.8 Å². The van der Waals surface area contributed by atoms with E-state index in [1.807, 2.05) is 68.5 Å². The molecule has 7 heteroatoms. The van der Waals surface area contributed by atoms with Gasteiger partial charge in [-0.25, -0.2) is 4.99 Å². The number of rotatable bonds is 5. The maximum Gasteiger partial charge on any atom is 0.231 e. The Morgan fingerprint density at radius 1 is 1.16 bits per heavy atom. The van der Waals surface area contributed by atoms with Gasteiger partial charge in [0.15, 0.2) is 5.17 Å². The number of benzene rings is 2. The summed E-state index contributed by atoms with van der Waals surface area (Å²) in [6.07, 6.45) is 3.89. The Balaban J connectivity index is 1.63. The average Bonchev–Trinajstić information content (AvgIpc) is 3.15. The Kier molecular flexibility index (Phi) is 6.65. The van der Waals surface area contributed by atoms with Gasteiger partial charge < -0.3 is 9.64 Å². The third-order valence-electron chi connectivity index (χ3n) is 5.59. The Morgan fingerprint density at radius 3 is 2.69 bits per heavy atom. The molecule has 2 aromatic rings. The van der Waals surface area contributed by atoms with Crippen molar-refractivity contribution in [2.24, 2.45) is 4.99 Å². The predicted octanol–water partition coefficient (Wildman–Crippen LogP) is 5.00.